The highest BCUT2D eigenvalue weighted by molar-refractivity contribution is 5.93. The van der Waals surface area contributed by atoms with Gasteiger partial charge in [-0.2, -0.15) is 5.10 Å². The van der Waals surface area contributed by atoms with Gasteiger partial charge in [-0.25, -0.2) is 4.98 Å². The first-order chi connectivity index (χ1) is 14.9. The van der Waals surface area contributed by atoms with Gasteiger partial charge in [-0.05, 0) is 42.2 Å². The fraction of sp³-hybridized carbons (Fsp3) is 0.304. The molecular weight excluding hydrogens is 392 g/mol. The second-order valence-corrected chi connectivity index (χ2v) is 7.98. The summed E-state index contributed by atoms with van der Waals surface area (Å²) in [6.45, 7) is 5.48. The molecule has 1 aromatic carbocycles. The van der Waals surface area contributed by atoms with E-state index in [-0.39, 0.29) is 17.7 Å². The summed E-state index contributed by atoms with van der Waals surface area (Å²) in [5.41, 5.74) is 11.3. The zero-order chi connectivity index (χ0) is 22.0. The summed E-state index contributed by atoms with van der Waals surface area (Å²) in [5.74, 6) is 0.642. The minimum atomic E-state index is -0.185. The van der Waals surface area contributed by atoms with Crippen molar-refractivity contribution in [3.8, 4) is 0 Å². The molecule has 0 saturated carbocycles. The van der Waals surface area contributed by atoms with Crippen LogP contribution in [0.2, 0.25) is 0 Å². The molecular formula is C23H26N6O2. The van der Waals surface area contributed by atoms with Crippen molar-refractivity contribution in [1.82, 2.24) is 25.4 Å². The van der Waals surface area contributed by atoms with Crippen LogP contribution in [0.4, 0.5) is 5.82 Å². The van der Waals surface area contributed by atoms with Gasteiger partial charge in [-0.15, -0.1) is 0 Å². The Morgan fingerprint density at radius 1 is 1.29 bits per heavy atom. The first-order valence-electron chi connectivity index (χ1n) is 10.3. The highest BCUT2D eigenvalue weighted by atomic mass is 16.2. The second kappa shape index (κ2) is 8.59. The quantitative estimate of drug-likeness (QED) is 0.567. The summed E-state index contributed by atoms with van der Waals surface area (Å²) in [5, 5.41) is 10.1. The number of aryl methyl sites for hydroxylation is 2. The van der Waals surface area contributed by atoms with Crippen LogP contribution in [0.1, 0.15) is 50.6 Å². The van der Waals surface area contributed by atoms with E-state index in [0.29, 0.717) is 37.4 Å². The fourth-order valence-electron chi connectivity index (χ4n) is 3.92. The van der Waals surface area contributed by atoms with E-state index < -0.39 is 0 Å². The fourth-order valence-corrected chi connectivity index (χ4v) is 3.92. The predicted octanol–water partition coefficient (Wildman–Crippen LogP) is 2.06. The molecule has 4 rings (SSSR count). The Morgan fingerprint density at radius 2 is 2.06 bits per heavy atom. The van der Waals surface area contributed by atoms with Crippen LogP contribution >= 0.6 is 0 Å². The number of carbonyl (C=O) groups is 2. The zero-order valence-corrected chi connectivity index (χ0v) is 17.7. The summed E-state index contributed by atoms with van der Waals surface area (Å²) < 4.78 is 1.74. The lowest BCUT2D eigenvalue weighted by Gasteiger charge is -2.11. The average molecular weight is 419 g/mol. The molecule has 8 nitrogen and oxygen atoms in total. The van der Waals surface area contributed by atoms with Gasteiger partial charge in [0.1, 0.15) is 5.82 Å². The molecule has 1 aliphatic heterocycles. The highest BCUT2D eigenvalue weighted by Gasteiger charge is 2.22. The van der Waals surface area contributed by atoms with Crippen molar-refractivity contribution in [2.45, 2.75) is 39.3 Å². The van der Waals surface area contributed by atoms with Crippen LogP contribution in [0.5, 0.6) is 0 Å². The first-order valence-corrected chi connectivity index (χ1v) is 10.3. The van der Waals surface area contributed by atoms with Crippen LogP contribution in [0.25, 0.3) is 0 Å². The summed E-state index contributed by atoms with van der Waals surface area (Å²) in [4.78, 5) is 28.2. The number of benzene rings is 1. The van der Waals surface area contributed by atoms with Crippen molar-refractivity contribution in [3.63, 3.8) is 0 Å². The van der Waals surface area contributed by atoms with Crippen LogP contribution in [-0.4, -0.2) is 33.1 Å². The van der Waals surface area contributed by atoms with Gasteiger partial charge in [-0.3, -0.25) is 14.3 Å². The van der Waals surface area contributed by atoms with Crippen molar-refractivity contribution in [3.05, 3.63) is 76.2 Å². The third-order valence-corrected chi connectivity index (χ3v) is 5.67. The molecule has 3 aromatic rings. The molecule has 1 fully saturated rings. The van der Waals surface area contributed by atoms with Crippen LogP contribution in [0.15, 0.2) is 42.7 Å². The van der Waals surface area contributed by atoms with Gasteiger partial charge in [0.2, 0.25) is 5.91 Å². The van der Waals surface area contributed by atoms with Crippen LogP contribution in [-0.2, 0) is 17.9 Å². The average Bonchev–Trinajstić information content (AvgIpc) is 3.37. The molecule has 1 saturated heterocycles. The zero-order valence-electron chi connectivity index (χ0n) is 17.7. The number of pyridine rings is 1. The molecule has 1 atom stereocenters. The first kappa shape index (κ1) is 20.6. The number of carbonyl (C=O) groups excluding carboxylic acids is 2. The Bertz CT molecular complexity index is 1100. The maximum absolute atomic E-state index is 12.5. The number of nitrogen functional groups attached to an aromatic ring is 1. The molecule has 8 heteroatoms. The summed E-state index contributed by atoms with van der Waals surface area (Å²) >= 11 is 0. The molecule has 0 bridgehead atoms. The monoisotopic (exact) mass is 418 g/mol. The molecule has 3 heterocycles. The lowest BCUT2D eigenvalue weighted by molar-refractivity contribution is -0.119. The normalized spacial score (nSPS) is 15.7. The van der Waals surface area contributed by atoms with Crippen molar-refractivity contribution >= 4 is 17.6 Å². The topological polar surface area (TPSA) is 115 Å². The van der Waals surface area contributed by atoms with Gasteiger partial charge >= 0.3 is 0 Å². The second-order valence-electron chi connectivity index (χ2n) is 7.98. The number of amides is 2. The summed E-state index contributed by atoms with van der Waals surface area (Å²) in [7, 11) is 0. The Kier molecular flexibility index (Phi) is 5.70. The van der Waals surface area contributed by atoms with Gasteiger partial charge in [-0.1, -0.05) is 24.3 Å². The third-order valence-electron chi connectivity index (χ3n) is 5.67. The molecule has 0 radical (unpaired) electrons. The van der Waals surface area contributed by atoms with E-state index in [1.54, 1.807) is 23.1 Å². The van der Waals surface area contributed by atoms with E-state index in [4.69, 9.17) is 5.73 Å². The smallest absolute Gasteiger partial charge is 0.254 e. The van der Waals surface area contributed by atoms with E-state index in [2.05, 4.69) is 32.8 Å². The summed E-state index contributed by atoms with van der Waals surface area (Å²) in [6.07, 6.45) is 3.85. The number of nitrogens with one attached hydrogen (secondary N) is 2. The number of nitrogens with two attached hydrogens (primary N) is 1. The predicted molar refractivity (Wildman–Crippen MR) is 117 cm³/mol. The number of hydrogen-bond acceptors (Lipinski definition) is 5. The minimum Gasteiger partial charge on any atom is -0.384 e. The van der Waals surface area contributed by atoms with Crippen molar-refractivity contribution < 1.29 is 9.59 Å². The molecule has 2 aromatic heterocycles. The van der Waals surface area contributed by atoms with Gasteiger partial charge in [0.15, 0.2) is 0 Å². The SMILES string of the molecule is Cc1cc(N)nc(C)c1CNC(=O)c1cnn(Cc2ccc(C3CNC(=O)C3)cc2)c1. The van der Waals surface area contributed by atoms with E-state index in [0.717, 1.165) is 27.9 Å². The highest BCUT2D eigenvalue weighted by Crippen LogP contribution is 2.23. The van der Waals surface area contributed by atoms with E-state index in [1.165, 1.54) is 0 Å². The van der Waals surface area contributed by atoms with Gasteiger partial charge < -0.3 is 16.4 Å². The molecule has 1 aliphatic rings. The van der Waals surface area contributed by atoms with Crippen molar-refractivity contribution in [2.75, 3.05) is 12.3 Å². The van der Waals surface area contributed by atoms with Gasteiger partial charge in [0, 0.05) is 37.3 Å². The molecule has 4 N–H and O–H groups in total. The Balaban J connectivity index is 1.36. The van der Waals surface area contributed by atoms with Gasteiger partial charge in [0.05, 0.1) is 18.3 Å². The van der Waals surface area contributed by atoms with Crippen LogP contribution in [0.3, 0.4) is 0 Å². The molecule has 0 spiro atoms. The van der Waals surface area contributed by atoms with Crippen molar-refractivity contribution in [1.29, 1.82) is 0 Å². The summed E-state index contributed by atoms with van der Waals surface area (Å²) in [6, 6.07) is 10.0. The number of aromatic nitrogens is 3. The molecule has 31 heavy (non-hydrogen) atoms. The minimum absolute atomic E-state index is 0.106. The van der Waals surface area contributed by atoms with Gasteiger partial charge in [0.25, 0.3) is 5.91 Å². The lowest BCUT2D eigenvalue weighted by Crippen LogP contribution is -2.23. The largest absolute Gasteiger partial charge is 0.384 e. The number of rotatable bonds is 6. The Hall–Kier alpha value is -3.68. The molecule has 1 unspecified atom stereocenters. The van der Waals surface area contributed by atoms with Crippen molar-refractivity contribution in [2.24, 2.45) is 0 Å². The number of hydrogen-bond donors (Lipinski definition) is 3. The number of nitrogens with zero attached hydrogens (tertiary/aromatic N) is 3. The Morgan fingerprint density at radius 3 is 2.74 bits per heavy atom. The van der Waals surface area contributed by atoms with Crippen LogP contribution < -0.4 is 16.4 Å². The molecule has 2 amide bonds. The lowest BCUT2D eigenvalue weighted by atomic mass is 9.97. The standard InChI is InChI=1S/C23H26N6O2/c1-14-7-21(24)28-15(2)20(14)11-26-23(31)19-10-27-29(13-19)12-16-3-5-17(6-4-16)18-8-22(30)25-9-18/h3-7,10,13,18H,8-9,11-12H2,1-2H3,(H2,24,28)(H,25,30)(H,26,31). The van der Waals surface area contributed by atoms with E-state index in [1.807, 2.05) is 26.0 Å². The maximum atomic E-state index is 12.5. The van der Waals surface area contributed by atoms with E-state index >= 15 is 0 Å². The van der Waals surface area contributed by atoms with E-state index in [9.17, 15) is 9.59 Å². The van der Waals surface area contributed by atoms with Crippen LogP contribution in [0, 0.1) is 13.8 Å². The molecule has 160 valence electrons. The third kappa shape index (κ3) is 4.74. The number of anilines is 1. The molecule has 0 aliphatic carbocycles. The maximum Gasteiger partial charge on any atom is 0.254 e. The Labute approximate surface area is 180 Å².